The van der Waals surface area contributed by atoms with Crippen LogP contribution in [-0.4, -0.2) is 157 Å². The van der Waals surface area contributed by atoms with Crippen molar-refractivity contribution in [3.8, 4) is 0 Å². The predicted octanol–water partition coefficient (Wildman–Crippen LogP) is 2.68. The summed E-state index contributed by atoms with van der Waals surface area (Å²) >= 11 is 0. The van der Waals surface area contributed by atoms with E-state index in [1.165, 1.54) is 27.6 Å². The molecule has 0 aromatic carbocycles. The van der Waals surface area contributed by atoms with E-state index in [0.717, 1.165) is 45.2 Å². The molecular weight excluding hydrogens is 769 g/mol. The number of esters is 3. The van der Waals surface area contributed by atoms with Gasteiger partial charge in [0.15, 0.2) is 6.10 Å². The fourth-order valence-electron chi connectivity index (χ4n) is 16.8. The Hall–Kier alpha value is -2.62. The fraction of sp³-hybridized carbons (Fsp3) is 0.870. The van der Waals surface area contributed by atoms with Crippen LogP contribution in [0.2, 0.25) is 0 Å². The van der Waals surface area contributed by atoms with Gasteiger partial charge in [-0.3, -0.25) is 19.3 Å². The van der Waals surface area contributed by atoms with E-state index in [-0.39, 0.29) is 41.7 Å². The van der Waals surface area contributed by atoms with E-state index in [1.54, 1.807) is 12.0 Å². The SMILES string of the molecule is CC[C@]1(O)CC2CN(CCC3C4CCCCC4NC3[C@@](C(=O)OC)([C@@H]3CC4C(C[C@@H]3OC)N(C=O)[C@H]3[C@@](O)(C(=O)OC)[C@H](OC(C)=O)[C@]5(CC)C=CCN6CC[C@]43[C@@H]65)C2)C1. The van der Waals surface area contributed by atoms with Crippen LogP contribution in [0.15, 0.2) is 12.2 Å². The van der Waals surface area contributed by atoms with E-state index in [1.807, 2.05) is 6.92 Å². The molecule has 8 unspecified atom stereocenters. The zero-order valence-electron chi connectivity index (χ0n) is 36.7. The van der Waals surface area contributed by atoms with E-state index in [2.05, 4.69) is 34.2 Å². The van der Waals surface area contributed by atoms with Gasteiger partial charge in [-0.1, -0.05) is 38.8 Å². The van der Waals surface area contributed by atoms with Crippen LogP contribution in [0.4, 0.5) is 0 Å². The molecule has 6 heterocycles. The van der Waals surface area contributed by atoms with Gasteiger partial charge in [-0.2, -0.15) is 0 Å². The number of carbonyl (C=O) groups excluding carboxylic acids is 4. The Morgan fingerprint density at radius 3 is 2.37 bits per heavy atom. The zero-order chi connectivity index (χ0) is 42.6. The van der Waals surface area contributed by atoms with Crippen molar-refractivity contribution in [3.05, 3.63) is 12.2 Å². The second-order valence-corrected chi connectivity index (χ2v) is 20.7. The van der Waals surface area contributed by atoms with E-state index >= 15 is 4.79 Å². The number of nitrogens with one attached hydrogen (secondary N) is 1. The quantitative estimate of drug-likeness (QED) is 0.142. The molecule has 0 aromatic rings. The van der Waals surface area contributed by atoms with Gasteiger partial charge in [-0.05, 0) is 101 Å². The molecule has 14 nitrogen and oxygen atoms in total. The minimum absolute atomic E-state index is 0.0175. The van der Waals surface area contributed by atoms with Gasteiger partial charge >= 0.3 is 17.9 Å². The molecule has 0 radical (unpaired) electrons. The Morgan fingerprint density at radius 1 is 0.917 bits per heavy atom. The second kappa shape index (κ2) is 15.3. The van der Waals surface area contributed by atoms with Crippen molar-refractivity contribution < 1.29 is 48.3 Å². The summed E-state index contributed by atoms with van der Waals surface area (Å²) in [4.78, 5) is 63.4. The van der Waals surface area contributed by atoms with Crippen molar-refractivity contribution in [1.29, 1.82) is 0 Å². The number of amides is 1. The predicted molar refractivity (Wildman–Crippen MR) is 219 cm³/mol. The van der Waals surface area contributed by atoms with Crippen molar-refractivity contribution in [2.24, 2.45) is 45.8 Å². The van der Waals surface area contributed by atoms with E-state index in [9.17, 15) is 24.6 Å². The molecule has 1 spiro atoms. The number of likely N-dealkylation sites (tertiary alicyclic amines) is 1. The van der Waals surface area contributed by atoms with Gasteiger partial charge in [-0.15, -0.1) is 0 Å². The number of fused-ring (bicyclic) bond motifs is 6. The van der Waals surface area contributed by atoms with Gasteiger partial charge in [0.1, 0.15) is 0 Å². The molecule has 14 heteroatoms. The highest BCUT2D eigenvalue weighted by Crippen LogP contribution is 2.72. The summed E-state index contributed by atoms with van der Waals surface area (Å²) in [5.74, 6) is -1.78. The van der Waals surface area contributed by atoms with Crippen LogP contribution in [-0.2, 0) is 38.1 Å². The van der Waals surface area contributed by atoms with Crippen LogP contribution in [0.1, 0.15) is 97.8 Å². The second-order valence-electron chi connectivity index (χ2n) is 20.7. The summed E-state index contributed by atoms with van der Waals surface area (Å²) < 4.78 is 24.3. The molecule has 9 aliphatic rings. The molecule has 9 rings (SSSR count). The normalized spacial score (nSPS) is 50.4. The Balaban J connectivity index is 1.25. The van der Waals surface area contributed by atoms with Crippen molar-refractivity contribution in [1.82, 2.24) is 20.0 Å². The number of carbonyl (C=O) groups is 4. The van der Waals surface area contributed by atoms with Crippen molar-refractivity contribution >= 4 is 24.3 Å². The molecule has 0 aromatic heterocycles. The number of piperidine rings is 1. The summed E-state index contributed by atoms with van der Waals surface area (Å²) in [6.07, 6.45) is 12.2. The van der Waals surface area contributed by atoms with Crippen LogP contribution in [0.5, 0.6) is 0 Å². The number of ether oxygens (including phenoxy) is 4. The van der Waals surface area contributed by atoms with Gasteiger partial charge in [0.05, 0.1) is 37.4 Å². The first-order valence-electron chi connectivity index (χ1n) is 23.2. The van der Waals surface area contributed by atoms with Crippen molar-refractivity contribution in [2.45, 2.75) is 151 Å². The van der Waals surface area contributed by atoms with E-state index in [0.29, 0.717) is 76.5 Å². The van der Waals surface area contributed by atoms with Crippen LogP contribution < -0.4 is 5.32 Å². The number of methoxy groups -OCH3 is 3. The molecule has 3 saturated carbocycles. The van der Waals surface area contributed by atoms with Gasteiger partial charge in [-0.25, -0.2) is 4.79 Å². The highest BCUT2D eigenvalue weighted by Gasteiger charge is 2.84. The van der Waals surface area contributed by atoms with Crippen LogP contribution in [0.25, 0.3) is 0 Å². The first-order valence-corrected chi connectivity index (χ1v) is 23.2. The third-order valence-corrected chi connectivity index (χ3v) is 18.6. The molecule has 3 aliphatic carbocycles. The number of hydrogen-bond donors (Lipinski definition) is 3. The molecule has 2 bridgehead atoms. The molecular formula is C46H70N4O10. The van der Waals surface area contributed by atoms with Crippen LogP contribution in [0, 0.1) is 45.8 Å². The minimum Gasteiger partial charge on any atom is -0.469 e. The maximum atomic E-state index is 15.5. The lowest BCUT2D eigenvalue weighted by atomic mass is 9.44. The maximum Gasteiger partial charge on any atom is 0.344 e. The van der Waals surface area contributed by atoms with E-state index in [4.69, 9.17) is 18.9 Å². The van der Waals surface area contributed by atoms with Crippen molar-refractivity contribution in [3.63, 3.8) is 0 Å². The van der Waals surface area contributed by atoms with E-state index < -0.39 is 63.7 Å². The number of nitrogens with zero attached hydrogens (tertiary/aromatic N) is 3. The lowest BCUT2D eigenvalue weighted by Crippen LogP contribution is -2.80. The smallest absolute Gasteiger partial charge is 0.344 e. The highest BCUT2D eigenvalue weighted by molar-refractivity contribution is 5.84. The summed E-state index contributed by atoms with van der Waals surface area (Å²) in [6.45, 7) is 8.96. The maximum absolute atomic E-state index is 15.5. The molecule has 5 saturated heterocycles. The Morgan fingerprint density at radius 2 is 1.68 bits per heavy atom. The van der Waals surface area contributed by atoms with Crippen LogP contribution >= 0.6 is 0 Å². The summed E-state index contributed by atoms with van der Waals surface area (Å²) in [5, 5.41) is 29.6. The topological polar surface area (TPSA) is 167 Å². The number of hydrogen-bond acceptors (Lipinski definition) is 13. The minimum atomic E-state index is -2.40. The average Bonchev–Trinajstić information content (AvgIpc) is 3.92. The van der Waals surface area contributed by atoms with Gasteiger partial charge in [0.2, 0.25) is 12.0 Å². The Bertz CT molecular complexity index is 1750. The third kappa shape index (κ3) is 5.71. The van der Waals surface area contributed by atoms with Crippen LogP contribution in [0.3, 0.4) is 0 Å². The largest absolute Gasteiger partial charge is 0.469 e. The monoisotopic (exact) mass is 839 g/mol. The van der Waals surface area contributed by atoms with Gasteiger partial charge in [0, 0.05) is 74.6 Å². The molecule has 3 N–H and O–H groups in total. The number of rotatable bonds is 8. The lowest BCUT2D eigenvalue weighted by Gasteiger charge is -2.64. The highest BCUT2D eigenvalue weighted by atomic mass is 16.6. The third-order valence-electron chi connectivity index (χ3n) is 18.6. The first kappa shape index (κ1) is 42.7. The Labute approximate surface area is 355 Å². The number of aliphatic hydroxyl groups is 2. The zero-order valence-corrected chi connectivity index (χ0v) is 36.7. The molecule has 1 amide bonds. The summed E-state index contributed by atoms with van der Waals surface area (Å²) in [6, 6.07) is -1.71. The summed E-state index contributed by atoms with van der Waals surface area (Å²) in [7, 11) is 4.45. The summed E-state index contributed by atoms with van der Waals surface area (Å²) in [5.41, 5.74) is -6.15. The molecule has 6 aliphatic heterocycles. The first-order chi connectivity index (χ1) is 28.8. The lowest BCUT2D eigenvalue weighted by molar-refractivity contribution is -0.249. The standard InChI is InChI=1S/C46H70N4O10/c1-7-42(55)22-28-23-45(40(53)58-5,36-30(14-18-48(24-28)25-42)29-12-9-10-13-33(29)47-36)32-20-31-34(21-35(32)57-4)50(26-51)38-44(31)16-19-49-17-11-15-43(8-2,37(44)49)39(60-27(3)52)46(38,56)41(54)59-6/h11,15,26,28-39,47,55-56H,7-10,12-14,16-25H2,1-6H3/t28?,29?,30?,31?,32-,33?,34?,35+,36?,37+,38-,39-,42+,43-,44-,45+,46+/m1/s1. The average molecular weight is 839 g/mol. The van der Waals surface area contributed by atoms with Crippen molar-refractivity contribution in [2.75, 3.05) is 54.1 Å². The molecule has 334 valence electrons. The fourth-order valence-corrected chi connectivity index (χ4v) is 16.8. The molecule has 8 fully saturated rings. The molecule has 18 atom stereocenters. The van der Waals surface area contributed by atoms with Gasteiger partial charge in [0.25, 0.3) is 0 Å². The van der Waals surface area contributed by atoms with Gasteiger partial charge < -0.3 is 44.3 Å². The Kier molecular flexibility index (Phi) is 10.9. The molecule has 60 heavy (non-hydrogen) atoms.